The molecule has 2 aromatic rings. The number of piperidine rings is 1. The first-order valence-electron chi connectivity index (χ1n) is 9.02. The van der Waals surface area contributed by atoms with Gasteiger partial charge in [-0.1, -0.05) is 23.7 Å². The Morgan fingerprint density at radius 2 is 2.04 bits per heavy atom. The van der Waals surface area contributed by atoms with Crippen LogP contribution in [0.1, 0.15) is 47.8 Å². The van der Waals surface area contributed by atoms with Crippen molar-refractivity contribution in [3.05, 3.63) is 52.8 Å². The van der Waals surface area contributed by atoms with Gasteiger partial charge in [-0.25, -0.2) is 0 Å². The molecule has 1 atom stereocenters. The Balaban J connectivity index is 1.49. The largest absolute Gasteiger partial charge is 0.330 e. The van der Waals surface area contributed by atoms with E-state index < -0.39 is 0 Å². The lowest BCUT2D eigenvalue weighted by atomic mass is 10.1. The van der Waals surface area contributed by atoms with Crippen LogP contribution in [0.25, 0.3) is 0 Å². The van der Waals surface area contributed by atoms with Gasteiger partial charge in [0.1, 0.15) is 5.69 Å². The molecule has 6 heteroatoms. The van der Waals surface area contributed by atoms with Gasteiger partial charge in [0.2, 0.25) is 0 Å². The number of carbonyl (C=O) groups is 1. The minimum Gasteiger partial charge on any atom is -0.330 e. The van der Waals surface area contributed by atoms with Crippen LogP contribution in [0.15, 0.2) is 36.5 Å². The molecule has 0 bridgehead atoms. The van der Waals surface area contributed by atoms with Crippen LogP contribution in [0.4, 0.5) is 0 Å². The highest BCUT2D eigenvalue weighted by Crippen LogP contribution is 2.30. The van der Waals surface area contributed by atoms with E-state index in [0.29, 0.717) is 29.3 Å². The van der Waals surface area contributed by atoms with Crippen molar-refractivity contribution >= 4 is 17.5 Å². The Hall–Kier alpha value is -1.85. The number of nitrogens with zero attached hydrogens (tertiary/aromatic N) is 3. The molecular formula is C19H23ClN4O. The van der Waals surface area contributed by atoms with Crippen molar-refractivity contribution in [2.45, 2.75) is 44.3 Å². The van der Waals surface area contributed by atoms with Gasteiger partial charge in [-0.15, -0.1) is 0 Å². The summed E-state index contributed by atoms with van der Waals surface area (Å²) in [5.41, 5.74) is 1.65. The highest BCUT2D eigenvalue weighted by atomic mass is 35.5. The monoisotopic (exact) mass is 358 g/mol. The number of nitrogens with one attached hydrogen (secondary N) is 1. The van der Waals surface area contributed by atoms with Gasteiger partial charge in [0, 0.05) is 30.4 Å². The topological polar surface area (TPSA) is 50.2 Å². The van der Waals surface area contributed by atoms with Gasteiger partial charge < -0.3 is 10.2 Å². The second-order valence-corrected chi connectivity index (χ2v) is 7.41. The summed E-state index contributed by atoms with van der Waals surface area (Å²) in [6.07, 6.45) is 6.36. The molecule has 1 saturated heterocycles. The molecule has 1 N–H and O–H groups in total. The zero-order chi connectivity index (χ0) is 17.2. The third kappa shape index (κ3) is 3.88. The van der Waals surface area contributed by atoms with Crippen LogP contribution >= 0.6 is 11.6 Å². The maximum Gasteiger partial charge on any atom is 0.274 e. The van der Waals surface area contributed by atoms with Crippen molar-refractivity contribution in [1.82, 2.24) is 20.0 Å². The molecule has 2 aliphatic rings. The van der Waals surface area contributed by atoms with E-state index >= 15 is 0 Å². The minimum atomic E-state index is 0.0277. The number of hydrogen-bond acceptors (Lipinski definition) is 3. The normalized spacial score (nSPS) is 20.4. The van der Waals surface area contributed by atoms with Crippen LogP contribution < -0.4 is 5.32 Å². The molecule has 1 aromatic carbocycles. The lowest BCUT2D eigenvalue weighted by Gasteiger charge is -2.23. The minimum absolute atomic E-state index is 0.0277. The molecular weight excluding hydrogens is 336 g/mol. The molecule has 2 fully saturated rings. The van der Waals surface area contributed by atoms with Gasteiger partial charge in [-0.3, -0.25) is 9.48 Å². The number of carbonyl (C=O) groups excluding carboxylic acids is 1. The van der Waals surface area contributed by atoms with Crippen molar-refractivity contribution in [2.75, 3.05) is 13.1 Å². The lowest BCUT2D eigenvalue weighted by Crippen LogP contribution is -2.34. The summed E-state index contributed by atoms with van der Waals surface area (Å²) < 4.78 is 1.95. The van der Waals surface area contributed by atoms with E-state index in [1.54, 1.807) is 0 Å². The Bertz CT molecular complexity index is 732. The zero-order valence-electron chi connectivity index (χ0n) is 14.2. The number of hydrogen-bond donors (Lipinski definition) is 1. The van der Waals surface area contributed by atoms with E-state index in [-0.39, 0.29) is 5.91 Å². The molecule has 4 rings (SSSR count). The van der Waals surface area contributed by atoms with Gasteiger partial charge >= 0.3 is 0 Å². The summed E-state index contributed by atoms with van der Waals surface area (Å²) in [4.78, 5) is 15.0. The fraction of sp³-hybridized carbons (Fsp3) is 0.474. The second kappa shape index (κ2) is 7.18. The number of aromatic nitrogens is 2. The highest BCUT2D eigenvalue weighted by molar-refractivity contribution is 6.30. The average Bonchev–Trinajstić information content (AvgIpc) is 3.37. The molecule has 0 radical (unpaired) electrons. The summed E-state index contributed by atoms with van der Waals surface area (Å²) in [7, 11) is 0. The zero-order valence-corrected chi connectivity index (χ0v) is 15.0. The maximum atomic E-state index is 13.0. The van der Waals surface area contributed by atoms with Crippen molar-refractivity contribution in [3.8, 4) is 0 Å². The number of rotatable bonds is 5. The standard InChI is InChI=1S/C19H23ClN4O/c20-15-5-3-14(4-6-15)13-23(16-7-8-16)19(25)18-9-11-24(22-18)17-2-1-10-21-12-17/h3-6,9,11,16-17,21H,1-2,7-8,10,12-13H2. The molecule has 1 aliphatic heterocycles. The van der Waals surface area contributed by atoms with E-state index in [9.17, 15) is 4.79 Å². The van der Waals surface area contributed by atoms with Crippen LogP contribution in [0.5, 0.6) is 0 Å². The summed E-state index contributed by atoms with van der Waals surface area (Å²) in [5, 5.41) is 8.69. The molecule has 5 nitrogen and oxygen atoms in total. The van der Waals surface area contributed by atoms with Crippen LogP contribution in [0.3, 0.4) is 0 Å². The second-order valence-electron chi connectivity index (χ2n) is 6.97. The van der Waals surface area contributed by atoms with Crippen molar-refractivity contribution < 1.29 is 4.79 Å². The maximum absolute atomic E-state index is 13.0. The smallest absolute Gasteiger partial charge is 0.274 e. The Morgan fingerprint density at radius 1 is 1.24 bits per heavy atom. The third-order valence-electron chi connectivity index (χ3n) is 4.99. The summed E-state index contributed by atoms with van der Waals surface area (Å²) in [5.74, 6) is 0.0277. The molecule has 1 saturated carbocycles. The van der Waals surface area contributed by atoms with E-state index in [4.69, 9.17) is 11.6 Å². The predicted molar refractivity (Wildman–Crippen MR) is 97.7 cm³/mol. The molecule has 0 spiro atoms. The molecule has 1 unspecified atom stereocenters. The molecule has 1 aromatic heterocycles. The van der Waals surface area contributed by atoms with Crippen LogP contribution in [0, 0.1) is 0 Å². The predicted octanol–water partition coefficient (Wildman–Crippen LogP) is 3.27. The lowest BCUT2D eigenvalue weighted by molar-refractivity contribution is 0.0722. The first-order valence-corrected chi connectivity index (χ1v) is 9.40. The van der Waals surface area contributed by atoms with Gasteiger partial charge in [0.25, 0.3) is 5.91 Å². The quantitative estimate of drug-likeness (QED) is 0.892. The van der Waals surface area contributed by atoms with E-state index in [0.717, 1.165) is 44.3 Å². The number of amides is 1. The summed E-state index contributed by atoms with van der Waals surface area (Å²) >= 11 is 5.96. The third-order valence-corrected chi connectivity index (χ3v) is 5.24. The van der Waals surface area contributed by atoms with Gasteiger partial charge in [0.05, 0.1) is 6.04 Å². The molecule has 1 amide bonds. The molecule has 1 aliphatic carbocycles. The Kier molecular flexibility index (Phi) is 4.77. The highest BCUT2D eigenvalue weighted by Gasteiger charge is 2.34. The Morgan fingerprint density at radius 3 is 2.72 bits per heavy atom. The Labute approximate surface area is 153 Å². The van der Waals surface area contributed by atoms with Gasteiger partial charge in [-0.2, -0.15) is 5.10 Å². The number of benzene rings is 1. The fourth-order valence-electron chi connectivity index (χ4n) is 3.40. The first kappa shape index (κ1) is 16.6. The summed E-state index contributed by atoms with van der Waals surface area (Å²) in [6.45, 7) is 2.60. The van der Waals surface area contributed by atoms with Crippen molar-refractivity contribution in [3.63, 3.8) is 0 Å². The van der Waals surface area contributed by atoms with Crippen LogP contribution in [-0.2, 0) is 6.54 Å². The summed E-state index contributed by atoms with van der Waals surface area (Å²) in [6, 6.07) is 10.3. The number of halogens is 1. The molecule has 2 heterocycles. The van der Waals surface area contributed by atoms with Crippen molar-refractivity contribution in [2.24, 2.45) is 0 Å². The van der Waals surface area contributed by atoms with Gasteiger partial charge in [0.15, 0.2) is 0 Å². The molecule has 25 heavy (non-hydrogen) atoms. The fourth-order valence-corrected chi connectivity index (χ4v) is 3.53. The average molecular weight is 359 g/mol. The SMILES string of the molecule is O=C(c1ccn(C2CCCNC2)n1)N(Cc1ccc(Cl)cc1)C1CC1. The van der Waals surface area contributed by atoms with Crippen LogP contribution in [0.2, 0.25) is 5.02 Å². The van der Waals surface area contributed by atoms with E-state index in [2.05, 4.69) is 10.4 Å². The first-order chi connectivity index (χ1) is 12.2. The van der Waals surface area contributed by atoms with Crippen LogP contribution in [-0.4, -0.2) is 39.7 Å². The van der Waals surface area contributed by atoms with Gasteiger partial charge in [-0.05, 0) is 56.0 Å². The van der Waals surface area contributed by atoms with Crippen molar-refractivity contribution in [1.29, 1.82) is 0 Å². The van der Waals surface area contributed by atoms with E-state index in [1.807, 2.05) is 46.1 Å². The molecule has 132 valence electrons. The van der Waals surface area contributed by atoms with E-state index in [1.165, 1.54) is 0 Å².